The highest BCUT2D eigenvalue weighted by Gasteiger charge is 2.40. The number of rotatable bonds is 3. The van der Waals surface area contributed by atoms with Crippen LogP contribution in [0.4, 0.5) is 13.2 Å². The van der Waals surface area contributed by atoms with Crippen LogP contribution in [0.15, 0.2) is 0 Å². The SMILES string of the molecule is Cl.O=C(CN1CCNCC12CCCCC2)NCC(F)(F)F. The van der Waals surface area contributed by atoms with Crippen molar-refractivity contribution in [1.82, 2.24) is 15.5 Å². The zero-order valence-electron chi connectivity index (χ0n) is 12.0. The molecule has 1 aliphatic carbocycles. The molecule has 1 spiro atoms. The Morgan fingerprint density at radius 2 is 1.90 bits per heavy atom. The summed E-state index contributed by atoms with van der Waals surface area (Å²) in [6.45, 7) is 1.16. The molecule has 0 aromatic carbocycles. The first-order valence-corrected chi connectivity index (χ1v) is 7.21. The summed E-state index contributed by atoms with van der Waals surface area (Å²) in [5.74, 6) is -0.533. The minimum atomic E-state index is -4.35. The number of hydrogen-bond acceptors (Lipinski definition) is 3. The molecule has 0 radical (unpaired) electrons. The molecule has 0 bridgehead atoms. The van der Waals surface area contributed by atoms with Gasteiger partial charge in [0.1, 0.15) is 6.54 Å². The predicted molar refractivity (Wildman–Crippen MR) is 76.6 cm³/mol. The first kappa shape index (κ1) is 18.5. The van der Waals surface area contributed by atoms with Gasteiger partial charge in [0.25, 0.3) is 0 Å². The van der Waals surface area contributed by atoms with Crippen LogP contribution in [0.3, 0.4) is 0 Å². The third kappa shape index (κ3) is 5.30. The third-order valence-corrected chi connectivity index (χ3v) is 4.29. The second-order valence-electron chi connectivity index (χ2n) is 5.78. The number of carbonyl (C=O) groups excluding carboxylic acids is 1. The first-order valence-electron chi connectivity index (χ1n) is 7.21. The molecule has 0 aromatic rings. The molecule has 4 nitrogen and oxygen atoms in total. The van der Waals surface area contributed by atoms with Crippen molar-refractivity contribution in [3.8, 4) is 0 Å². The number of amides is 1. The van der Waals surface area contributed by atoms with Gasteiger partial charge in [0.15, 0.2) is 0 Å². The molecular formula is C13H23ClF3N3O. The largest absolute Gasteiger partial charge is 0.405 e. The Labute approximate surface area is 129 Å². The molecule has 21 heavy (non-hydrogen) atoms. The molecule has 8 heteroatoms. The average molecular weight is 330 g/mol. The molecule has 0 aromatic heterocycles. The predicted octanol–water partition coefficient (Wildman–Crippen LogP) is 1.69. The summed E-state index contributed by atoms with van der Waals surface area (Å²) >= 11 is 0. The lowest BCUT2D eigenvalue weighted by molar-refractivity contribution is -0.140. The lowest BCUT2D eigenvalue weighted by Crippen LogP contribution is -2.63. The monoisotopic (exact) mass is 329 g/mol. The summed E-state index contributed by atoms with van der Waals surface area (Å²) in [5.41, 5.74) is -0.0356. The van der Waals surface area contributed by atoms with Crippen molar-refractivity contribution >= 4 is 18.3 Å². The molecule has 1 saturated heterocycles. The van der Waals surface area contributed by atoms with Gasteiger partial charge in [-0.05, 0) is 12.8 Å². The highest BCUT2D eigenvalue weighted by molar-refractivity contribution is 5.85. The average Bonchev–Trinajstić information content (AvgIpc) is 2.40. The van der Waals surface area contributed by atoms with Crippen LogP contribution in [0, 0.1) is 0 Å². The Bertz CT molecular complexity index is 338. The van der Waals surface area contributed by atoms with Crippen LogP contribution in [-0.4, -0.2) is 55.2 Å². The minimum absolute atomic E-state index is 0. The number of nitrogens with zero attached hydrogens (tertiary/aromatic N) is 1. The Kier molecular flexibility index (Phi) is 6.74. The zero-order chi connectivity index (χ0) is 14.6. The van der Waals surface area contributed by atoms with Crippen LogP contribution >= 0.6 is 12.4 Å². The lowest BCUT2D eigenvalue weighted by atomic mass is 9.79. The van der Waals surface area contributed by atoms with Crippen molar-refractivity contribution in [2.24, 2.45) is 0 Å². The van der Waals surface area contributed by atoms with Crippen LogP contribution < -0.4 is 10.6 Å². The molecular weight excluding hydrogens is 307 g/mol. The molecule has 1 aliphatic heterocycles. The van der Waals surface area contributed by atoms with Gasteiger partial charge in [-0.15, -0.1) is 12.4 Å². The van der Waals surface area contributed by atoms with E-state index in [-0.39, 0.29) is 24.5 Å². The number of alkyl halides is 3. The van der Waals surface area contributed by atoms with Crippen molar-refractivity contribution in [2.45, 2.75) is 43.8 Å². The fourth-order valence-electron chi connectivity index (χ4n) is 3.26. The van der Waals surface area contributed by atoms with Gasteiger partial charge in [-0.25, -0.2) is 0 Å². The smallest absolute Gasteiger partial charge is 0.346 e. The van der Waals surface area contributed by atoms with Crippen molar-refractivity contribution in [3.05, 3.63) is 0 Å². The van der Waals surface area contributed by atoms with Gasteiger partial charge >= 0.3 is 6.18 Å². The summed E-state index contributed by atoms with van der Waals surface area (Å²) in [7, 11) is 0. The van der Waals surface area contributed by atoms with E-state index in [9.17, 15) is 18.0 Å². The van der Waals surface area contributed by atoms with E-state index in [1.807, 2.05) is 5.32 Å². The van der Waals surface area contributed by atoms with Crippen molar-refractivity contribution < 1.29 is 18.0 Å². The van der Waals surface area contributed by atoms with Gasteiger partial charge in [-0.1, -0.05) is 19.3 Å². The summed E-state index contributed by atoms with van der Waals surface area (Å²) in [4.78, 5) is 13.8. The Balaban J connectivity index is 0.00000220. The highest BCUT2D eigenvalue weighted by Crippen LogP contribution is 2.34. The Hall–Kier alpha value is -0.530. The van der Waals surface area contributed by atoms with E-state index < -0.39 is 18.6 Å². The maximum absolute atomic E-state index is 12.1. The molecule has 1 amide bonds. The summed E-state index contributed by atoms with van der Waals surface area (Å²) in [6.07, 6.45) is 1.15. The van der Waals surface area contributed by atoms with E-state index in [4.69, 9.17) is 0 Å². The van der Waals surface area contributed by atoms with E-state index in [0.717, 1.165) is 45.3 Å². The number of hydrogen-bond donors (Lipinski definition) is 2. The van der Waals surface area contributed by atoms with E-state index in [0.29, 0.717) is 0 Å². The number of carbonyl (C=O) groups is 1. The van der Waals surface area contributed by atoms with Crippen molar-refractivity contribution in [1.29, 1.82) is 0 Å². The molecule has 1 saturated carbocycles. The fraction of sp³-hybridized carbons (Fsp3) is 0.923. The number of halogens is 4. The van der Waals surface area contributed by atoms with Crippen LogP contribution in [-0.2, 0) is 4.79 Å². The Morgan fingerprint density at radius 1 is 1.24 bits per heavy atom. The van der Waals surface area contributed by atoms with Gasteiger partial charge in [-0.2, -0.15) is 13.2 Å². The van der Waals surface area contributed by atoms with E-state index in [2.05, 4.69) is 10.2 Å². The van der Waals surface area contributed by atoms with E-state index >= 15 is 0 Å². The molecule has 2 rings (SSSR count). The Morgan fingerprint density at radius 3 is 2.52 bits per heavy atom. The number of nitrogens with one attached hydrogen (secondary N) is 2. The van der Waals surface area contributed by atoms with Gasteiger partial charge < -0.3 is 10.6 Å². The second-order valence-corrected chi connectivity index (χ2v) is 5.78. The molecule has 2 fully saturated rings. The van der Waals surface area contributed by atoms with Gasteiger partial charge in [0, 0.05) is 25.2 Å². The second kappa shape index (κ2) is 7.65. The van der Waals surface area contributed by atoms with E-state index in [1.165, 1.54) is 6.42 Å². The van der Waals surface area contributed by atoms with Crippen LogP contribution in [0.2, 0.25) is 0 Å². The topological polar surface area (TPSA) is 44.4 Å². The van der Waals surface area contributed by atoms with Crippen LogP contribution in [0.1, 0.15) is 32.1 Å². The maximum Gasteiger partial charge on any atom is 0.405 e. The van der Waals surface area contributed by atoms with Gasteiger partial charge in [0.2, 0.25) is 5.91 Å². The molecule has 0 unspecified atom stereocenters. The van der Waals surface area contributed by atoms with Crippen molar-refractivity contribution in [3.63, 3.8) is 0 Å². The first-order chi connectivity index (χ1) is 9.41. The van der Waals surface area contributed by atoms with Gasteiger partial charge in [0.05, 0.1) is 6.54 Å². The highest BCUT2D eigenvalue weighted by atomic mass is 35.5. The summed E-state index contributed by atoms with van der Waals surface area (Å²) in [6, 6.07) is 0. The maximum atomic E-state index is 12.1. The normalized spacial score (nSPS) is 22.6. The lowest BCUT2D eigenvalue weighted by Gasteiger charge is -2.49. The standard InChI is InChI=1S/C13H22F3N3O.ClH/c14-13(15,16)10-18-11(20)8-19-7-6-17-9-12(19)4-2-1-3-5-12;/h17H,1-10H2,(H,18,20);1H. The molecule has 2 N–H and O–H groups in total. The minimum Gasteiger partial charge on any atom is -0.346 e. The molecule has 0 atom stereocenters. The summed E-state index contributed by atoms with van der Waals surface area (Å²) < 4.78 is 36.3. The van der Waals surface area contributed by atoms with Crippen LogP contribution in [0.5, 0.6) is 0 Å². The molecule has 124 valence electrons. The molecule has 2 aliphatic rings. The van der Waals surface area contributed by atoms with E-state index in [1.54, 1.807) is 0 Å². The summed E-state index contributed by atoms with van der Waals surface area (Å²) in [5, 5.41) is 5.32. The fourth-order valence-corrected chi connectivity index (χ4v) is 3.26. The zero-order valence-corrected chi connectivity index (χ0v) is 12.8. The van der Waals surface area contributed by atoms with Crippen molar-refractivity contribution in [2.75, 3.05) is 32.7 Å². The van der Waals surface area contributed by atoms with Gasteiger partial charge in [-0.3, -0.25) is 9.69 Å². The van der Waals surface area contributed by atoms with Crippen LogP contribution in [0.25, 0.3) is 0 Å². The third-order valence-electron chi connectivity index (χ3n) is 4.29. The quantitative estimate of drug-likeness (QED) is 0.828. The molecule has 1 heterocycles. The number of piperazine rings is 1.